The molecule has 0 radical (unpaired) electrons. The van der Waals surface area contributed by atoms with Gasteiger partial charge in [0.2, 0.25) is 0 Å². The molecule has 1 fully saturated rings. The minimum Gasteiger partial charge on any atom is -0.381 e. The summed E-state index contributed by atoms with van der Waals surface area (Å²) in [6, 6.07) is 1.24. The SMILES string of the molecule is O=C(CC1CCOCC1)c1cncc(F)c1. The van der Waals surface area contributed by atoms with Gasteiger partial charge >= 0.3 is 0 Å². The zero-order chi connectivity index (χ0) is 11.4. The molecular formula is C12H14FNO2. The highest BCUT2D eigenvalue weighted by Crippen LogP contribution is 2.20. The first-order valence-electron chi connectivity index (χ1n) is 5.47. The van der Waals surface area contributed by atoms with E-state index in [1.54, 1.807) is 0 Å². The molecule has 1 aromatic heterocycles. The minimum atomic E-state index is -0.460. The summed E-state index contributed by atoms with van der Waals surface area (Å²) in [5, 5.41) is 0. The van der Waals surface area contributed by atoms with Crippen LogP contribution in [0.25, 0.3) is 0 Å². The fourth-order valence-corrected chi connectivity index (χ4v) is 1.89. The fraction of sp³-hybridized carbons (Fsp3) is 0.500. The first kappa shape index (κ1) is 11.2. The third-order valence-electron chi connectivity index (χ3n) is 2.84. The van der Waals surface area contributed by atoms with Crippen LogP contribution in [0.2, 0.25) is 0 Å². The molecule has 0 unspecified atom stereocenters. The van der Waals surface area contributed by atoms with Crippen molar-refractivity contribution in [3.63, 3.8) is 0 Å². The van der Waals surface area contributed by atoms with E-state index in [0.29, 0.717) is 17.9 Å². The maximum absolute atomic E-state index is 12.9. The highest BCUT2D eigenvalue weighted by atomic mass is 19.1. The number of aromatic nitrogens is 1. The molecule has 1 saturated heterocycles. The molecule has 0 saturated carbocycles. The number of halogens is 1. The van der Waals surface area contributed by atoms with Crippen molar-refractivity contribution in [3.05, 3.63) is 29.8 Å². The Kier molecular flexibility index (Phi) is 3.62. The average molecular weight is 223 g/mol. The third kappa shape index (κ3) is 2.85. The van der Waals surface area contributed by atoms with Gasteiger partial charge in [-0.15, -0.1) is 0 Å². The van der Waals surface area contributed by atoms with E-state index in [4.69, 9.17) is 4.74 Å². The van der Waals surface area contributed by atoms with Crippen molar-refractivity contribution in [3.8, 4) is 0 Å². The maximum Gasteiger partial charge on any atom is 0.164 e. The standard InChI is InChI=1S/C12H14FNO2/c13-11-6-10(7-14-8-11)12(15)5-9-1-3-16-4-2-9/h6-9H,1-5H2. The van der Waals surface area contributed by atoms with Crippen LogP contribution >= 0.6 is 0 Å². The second-order valence-electron chi connectivity index (χ2n) is 4.07. The van der Waals surface area contributed by atoms with Crippen LogP contribution in [0.4, 0.5) is 4.39 Å². The van der Waals surface area contributed by atoms with Crippen LogP contribution in [-0.2, 0) is 4.74 Å². The van der Waals surface area contributed by atoms with Gasteiger partial charge in [0.05, 0.1) is 6.20 Å². The van der Waals surface area contributed by atoms with Gasteiger partial charge in [0.25, 0.3) is 0 Å². The first-order valence-corrected chi connectivity index (χ1v) is 5.47. The summed E-state index contributed by atoms with van der Waals surface area (Å²) in [5.74, 6) is -0.124. The predicted octanol–water partition coefficient (Wildman–Crippen LogP) is 2.22. The second kappa shape index (κ2) is 5.16. The fourth-order valence-electron chi connectivity index (χ4n) is 1.89. The lowest BCUT2D eigenvalue weighted by Crippen LogP contribution is -2.18. The molecule has 0 amide bonds. The molecule has 0 aromatic carbocycles. The molecule has 16 heavy (non-hydrogen) atoms. The zero-order valence-electron chi connectivity index (χ0n) is 8.99. The molecule has 2 heterocycles. The van der Waals surface area contributed by atoms with Gasteiger partial charge in [-0.3, -0.25) is 9.78 Å². The Bertz CT molecular complexity index is 375. The van der Waals surface area contributed by atoms with Crippen molar-refractivity contribution in [2.24, 2.45) is 5.92 Å². The molecule has 1 aromatic rings. The number of pyridine rings is 1. The van der Waals surface area contributed by atoms with Crippen molar-refractivity contribution in [2.75, 3.05) is 13.2 Å². The molecule has 1 aliphatic rings. The maximum atomic E-state index is 12.9. The summed E-state index contributed by atoms with van der Waals surface area (Å²) in [5.41, 5.74) is 0.367. The smallest absolute Gasteiger partial charge is 0.164 e. The van der Waals surface area contributed by atoms with Crippen molar-refractivity contribution in [1.29, 1.82) is 0 Å². The van der Waals surface area contributed by atoms with E-state index >= 15 is 0 Å². The van der Waals surface area contributed by atoms with Gasteiger partial charge in [-0.1, -0.05) is 0 Å². The van der Waals surface area contributed by atoms with Crippen LogP contribution in [0.15, 0.2) is 18.5 Å². The quantitative estimate of drug-likeness (QED) is 0.737. The van der Waals surface area contributed by atoms with Crippen LogP contribution in [-0.4, -0.2) is 24.0 Å². The van der Waals surface area contributed by atoms with E-state index in [2.05, 4.69) is 4.98 Å². The van der Waals surface area contributed by atoms with Gasteiger partial charge < -0.3 is 4.74 Å². The Balaban J connectivity index is 1.97. The molecule has 0 N–H and O–H groups in total. The summed E-state index contributed by atoms with van der Waals surface area (Å²) in [6.07, 6.45) is 4.81. The number of nitrogens with zero attached hydrogens (tertiary/aromatic N) is 1. The highest BCUT2D eigenvalue weighted by Gasteiger charge is 2.18. The van der Waals surface area contributed by atoms with Gasteiger partial charge in [0, 0.05) is 31.4 Å². The van der Waals surface area contributed by atoms with E-state index in [1.807, 2.05) is 0 Å². The Morgan fingerprint density at radius 3 is 2.88 bits per heavy atom. The molecule has 2 rings (SSSR count). The highest BCUT2D eigenvalue weighted by molar-refractivity contribution is 5.95. The molecule has 0 bridgehead atoms. The number of rotatable bonds is 3. The van der Waals surface area contributed by atoms with E-state index in [9.17, 15) is 9.18 Å². The van der Waals surface area contributed by atoms with Crippen molar-refractivity contribution < 1.29 is 13.9 Å². The van der Waals surface area contributed by atoms with E-state index < -0.39 is 5.82 Å². The monoisotopic (exact) mass is 223 g/mol. The van der Waals surface area contributed by atoms with Crippen molar-refractivity contribution in [2.45, 2.75) is 19.3 Å². The van der Waals surface area contributed by atoms with Crippen LogP contribution in [0.1, 0.15) is 29.6 Å². The molecule has 0 atom stereocenters. The summed E-state index contributed by atoms with van der Waals surface area (Å²) >= 11 is 0. The number of carbonyl (C=O) groups excluding carboxylic acids is 1. The molecule has 0 spiro atoms. The van der Waals surface area contributed by atoms with E-state index in [-0.39, 0.29) is 5.78 Å². The summed E-state index contributed by atoms with van der Waals surface area (Å²) in [7, 11) is 0. The van der Waals surface area contributed by atoms with Gasteiger partial charge in [-0.2, -0.15) is 0 Å². The largest absolute Gasteiger partial charge is 0.381 e. The van der Waals surface area contributed by atoms with Gasteiger partial charge in [0.1, 0.15) is 5.82 Å². The summed E-state index contributed by atoms with van der Waals surface area (Å²) in [4.78, 5) is 15.5. The predicted molar refractivity (Wildman–Crippen MR) is 56.7 cm³/mol. The number of hydrogen-bond acceptors (Lipinski definition) is 3. The van der Waals surface area contributed by atoms with Gasteiger partial charge in [-0.05, 0) is 24.8 Å². The van der Waals surface area contributed by atoms with Crippen LogP contribution in [0, 0.1) is 11.7 Å². The number of hydrogen-bond donors (Lipinski definition) is 0. The third-order valence-corrected chi connectivity index (χ3v) is 2.84. The molecule has 4 heteroatoms. The molecular weight excluding hydrogens is 209 g/mol. The van der Waals surface area contributed by atoms with Gasteiger partial charge in [0.15, 0.2) is 5.78 Å². The zero-order valence-corrected chi connectivity index (χ0v) is 8.99. The number of carbonyl (C=O) groups is 1. The van der Waals surface area contributed by atoms with E-state index in [1.165, 1.54) is 12.3 Å². The van der Waals surface area contributed by atoms with Crippen molar-refractivity contribution in [1.82, 2.24) is 4.98 Å². The molecule has 1 aliphatic heterocycles. The van der Waals surface area contributed by atoms with E-state index in [0.717, 1.165) is 32.3 Å². The Morgan fingerprint density at radius 2 is 2.19 bits per heavy atom. The van der Waals surface area contributed by atoms with Crippen LogP contribution in [0.5, 0.6) is 0 Å². The lowest BCUT2D eigenvalue weighted by atomic mass is 9.92. The Morgan fingerprint density at radius 1 is 1.44 bits per heavy atom. The molecule has 0 aliphatic carbocycles. The normalized spacial score (nSPS) is 17.3. The van der Waals surface area contributed by atoms with Crippen molar-refractivity contribution >= 4 is 5.78 Å². The van der Waals surface area contributed by atoms with Gasteiger partial charge in [-0.25, -0.2) is 4.39 Å². The summed E-state index contributed by atoms with van der Waals surface area (Å²) < 4.78 is 18.1. The number of ketones is 1. The first-order chi connectivity index (χ1) is 7.75. The van der Waals surface area contributed by atoms with Crippen LogP contribution < -0.4 is 0 Å². The second-order valence-corrected chi connectivity index (χ2v) is 4.07. The molecule has 86 valence electrons. The topological polar surface area (TPSA) is 39.2 Å². The average Bonchev–Trinajstić information content (AvgIpc) is 2.30. The Labute approximate surface area is 93.6 Å². The lowest BCUT2D eigenvalue weighted by molar-refractivity contribution is 0.0601. The summed E-state index contributed by atoms with van der Waals surface area (Å²) in [6.45, 7) is 1.44. The number of Topliss-reactive ketones (excluding diaryl/α,β-unsaturated/α-hetero) is 1. The molecule has 3 nitrogen and oxygen atoms in total. The van der Waals surface area contributed by atoms with Crippen LogP contribution in [0.3, 0.4) is 0 Å². The minimum absolute atomic E-state index is 0.0288. The Hall–Kier alpha value is -1.29. The number of ether oxygens (including phenoxy) is 1. The lowest BCUT2D eigenvalue weighted by Gasteiger charge is -2.21.